The van der Waals surface area contributed by atoms with Crippen molar-refractivity contribution in [2.75, 3.05) is 50.5 Å². The van der Waals surface area contributed by atoms with Gasteiger partial charge < -0.3 is 15.1 Å². The molecule has 2 aliphatic rings. The van der Waals surface area contributed by atoms with E-state index >= 15 is 0 Å². The maximum absolute atomic E-state index is 13.3. The fourth-order valence-electron chi connectivity index (χ4n) is 4.65. The van der Waals surface area contributed by atoms with Crippen LogP contribution in [0.4, 0.5) is 11.4 Å². The van der Waals surface area contributed by atoms with E-state index in [1.165, 1.54) is 20.2 Å². The van der Waals surface area contributed by atoms with Crippen LogP contribution in [0.5, 0.6) is 0 Å². The lowest BCUT2D eigenvalue weighted by molar-refractivity contribution is 0.0761. The summed E-state index contributed by atoms with van der Waals surface area (Å²) in [6.45, 7) is 3.21. The number of hydrogen-bond donors (Lipinski definition) is 1. The number of carbonyl (C=O) groups is 2. The normalized spacial score (nSPS) is 16.9. The Kier molecular flexibility index (Phi) is 7.76. The second kappa shape index (κ2) is 10.8. The number of nitrogens with zero attached hydrogens (tertiary/aromatic N) is 3. The van der Waals surface area contributed by atoms with Crippen molar-refractivity contribution in [1.82, 2.24) is 9.21 Å². The third-order valence-corrected chi connectivity index (χ3v) is 8.53. The van der Waals surface area contributed by atoms with Gasteiger partial charge in [0.1, 0.15) is 0 Å². The van der Waals surface area contributed by atoms with Gasteiger partial charge in [-0.2, -0.15) is 0 Å². The fraction of sp³-hybridized carbons (Fsp3) is 0.462. The SMILES string of the molecule is CN(C)S(=O)(=O)c1ccc(N2CCCC2)c(C(=O)Nc2ccc(C(=O)N3CCCCCC3)cc2)c1. The summed E-state index contributed by atoms with van der Waals surface area (Å²) in [5.41, 5.74) is 2.20. The Balaban J connectivity index is 1.56. The van der Waals surface area contributed by atoms with E-state index in [1.807, 2.05) is 4.90 Å². The largest absolute Gasteiger partial charge is 0.371 e. The summed E-state index contributed by atoms with van der Waals surface area (Å²) in [6, 6.07) is 11.6. The first-order valence-electron chi connectivity index (χ1n) is 12.3. The Morgan fingerprint density at radius 3 is 2.03 bits per heavy atom. The standard InChI is InChI=1S/C26H34N4O4S/c1-28(2)35(33,34)22-13-14-24(29-15-7-8-16-29)23(19-22)25(31)27-21-11-9-20(10-12-21)26(32)30-17-5-3-4-6-18-30/h9-14,19H,3-8,15-18H2,1-2H3,(H,27,31). The Morgan fingerprint density at radius 2 is 1.43 bits per heavy atom. The maximum atomic E-state index is 13.3. The molecule has 2 aromatic carbocycles. The number of benzene rings is 2. The van der Waals surface area contributed by atoms with Crippen LogP contribution < -0.4 is 10.2 Å². The van der Waals surface area contributed by atoms with Crippen LogP contribution in [0.3, 0.4) is 0 Å². The van der Waals surface area contributed by atoms with Crippen molar-refractivity contribution in [2.24, 2.45) is 0 Å². The third-order valence-electron chi connectivity index (χ3n) is 6.72. The molecule has 0 aliphatic carbocycles. The molecular formula is C26H34N4O4S. The van der Waals surface area contributed by atoms with Crippen LogP contribution in [0, 0.1) is 0 Å². The predicted octanol–water partition coefficient (Wildman–Crippen LogP) is 3.81. The smallest absolute Gasteiger partial charge is 0.257 e. The molecule has 8 nitrogen and oxygen atoms in total. The molecule has 4 rings (SSSR count). The van der Waals surface area contributed by atoms with Gasteiger partial charge in [0.15, 0.2) is 0 Å². The number of rotatable bonds is 6. The van der Waals surface area contributed by atoms with Gasteiger partial charge in [-0.1, -0.05) is 12.8 Å². The highest BCUT2D eigenvalue weighted by molar-refractivity contribution is 7.89. The van der Waals surface area contributed by atoms with Crippen molar-refractivity contribution in [3.8, 4) is 0 Å². The van der Waals surface area contributed by atoms with E-state index < -0.39 is 10.0 Å². The van der Waals surface area contributed by atoms with Gasteiger partial charge >= 0.3 is 0 Å². The molecule has 1 N–H and O–H groups in total. The number of likely N-dealkylation sites (tertiary alicyclic amines) is 1. The van der Waals surface area contributed by atoms with E-state index in [9.17, 15) is 18.0 Å². The van der Waals surface area contributed by atoms with Crippen LogP contribution in [0.2, 0.25) is 0 Å². The van der Waals surface area contributed by atoms with E-state index in [0.29, 0.717) is 16.8 Å². The molecule has 188 valence electrons. The van der Waals surface area contributed by atoms with Crippen LogP contribution in [0.25, 0.3) is 0 Å². The zero-order valence-corrected chi connectivity index (χ0v) is 21.3. The lowest BCUT2D eigenvalue weighted by Gasteiger charge is -2.22. The highest BCUT2D eigenvalue weighted by Gasteiger charge is 2.25. The molecule has 0 saturated carbocycles. The lowest BCUT2D eigenvalue weighted by atomic mass is 10.1. The van der Waals surface area contributed by atoms with Gasteiger partial charge in [-0.3, -0.25) is 9.59 Å². The number of carbonyl (C=O) groups excluding carboxylic acids is 2. The molecule has 0 unspecified atom stereocenters. The van der Waals surface area contributed by atoms with E-state index in [-0.39, 0.29) is 16.7 Å². The Morgan fingerprint density at radius 1 is 0.829 bits per heavy atom. The molecule has 2 amide bonds. The average Bonchev–Trinajstić information content (AvgIpc) is 3.25. The van der Waals surface area contributed by atoms with Gasteiger partial charge in [-0.25, -0.2) is 12.7 Å². The first-order valence-corrected chi connectivity index (χ1v) is 13.7. The molecule has 0 radical (unpaired) electrons. The zero-order valence-electron chi connectivity index (χ0n) is 20.5. The minimum absolute atomic E-state index is 0.0164. The molecule has 2 aliphatic heterocycles. The number of hydrogen-bond acceptors (Lipinski definition) is 5. The first-order chi connectivity index (χ1) is 16.8. The van der Waals surface area contributed by atoms with Gasteiger partial charge in [0, 0.05) is 57.2 Å². The van der Waals surface area contributed by atoms with E-state index in [0.717, 1.165) is 74.7 Å². The van der Waals surface area contributed by atoms with Gasteiger partial charge in [0.2, 0.25) is 10.0 Å². The van der Waals surface area contributed by atoms with Gasteiger partial charge in [-0.15, -0.1) is 0 Å². The average molecular weight is 499 g/mol. The van der Waals surface area contributed by atoms with E-state index in [1.54, 1.807) is 36.4 Å². The number of anilines is 2. The van der Waals surface area contributed by atoms with Crippen LogP contribution in [0.1, 0.15) is 59.2 Å². The number of amides is 2. The number of sulfonamides is 1. The zero-order chi connectivity index (χ0) is 25.0. The summed E-state index contributed by atoms with van der Waals surface area (Å²) in [7, 11) is -0.742. The third kappa shape index (κ3) is 5.67. The molecule has 0 spiro atoms. The quantitative estimate of drug-likeness (QED) is 0.654. The number of nitrogens with one attached hydrogen (secondary N) is 1. The van der Waals surface area contributed by atoms with Gasteiger partial charge in [0.25, 0.3) is 11.8 Å². The van der Waals surface area contributed by atoms with Crippen molar-refractivity contribution < 1.29 is 18.0 Å². The van der Waals surface area contributed by atoms with Crippen LogP contribution in [-0.2, 0) is 10.0 Å². The fourth-order valence-corrected chi connectivity index (χ4v) is 5.58. The van der Waals surface area contributed by atoms with E-state index in [4.69, 9.17) is 0 Å². The minimum atomic E-state index is -3.68. The predicted molar refractivity (Wildman–Crippen MR) is 138 cm³/mol. The molecule has 2 heterocycles. The molecule has 2 saturated heterocycles. The molecule has 0 bridgehead atoms. The summed E-state index contributed by atoms with van der Waals surface area (Å²) in [5, 5.41) is 2.89. The molecule has 0 atom stereocenters. The van der Waals surface area contributed by atoms with E-state index in [2.05, 4.69) is 10.2 Å². The summed E-state index contributed by atoms with van der Waals surface area (Å²) in [5.74, 6) is -0.364. The highest BCUT2D eigenvalue weighted by atomic mass is 32.2. The first kappa shape index (κ1) is 25.2. The van der Waals surface area contributed by atoms with Crippen molar-refractivity contribution >= 4 is 33.2 Å². The maximum Gasteiger partial charge on any atom is 0.257 e. The Bertz CT molecular complexity index is 1160. The molecule has 2 aromatic rings. The van der Waals surface area contributed by atoms with Crippen molar-refractivity contribution in [3.05, 3.63) is 53.6 Å². The van der Waals surface area contributed by atoms with Crippen molar-refractivity contribution in [2.45, 2.75) is 43.4 Å². The highest BCUT2D eigenvalue weighted by Crippen LogP contribution is 2.29. The lowest BCUT2D eigenvalue weighted by Crippen LogP contribution is -2.31. The molecule has 0 aromatic heterocycles. The molecular weight excluding hydrogens is 464 g/mol. The van der Waals surface area contributed by atoms with Crippen molar-refractivity contribution in [3.63, 3.8) is 0 Å². The van der Waals surface area contributed by atoms with Gasteiger partial charge in [0.05, 0.1) is 10.5 Å². The summed E-state index contributed by atoms with van der Waals surface area (Å²) in [4.78, 5) is 30.3. The Labute approximate surface area is 207 Å². The summed E-state index contributed by atoms with van der Waals surface area (Å²) >= 11 is 0. The van der Waals surface area contributed by atoms with Crippen LogP contribution in [-0.4, -0.2) is 69.7 Å². The van der Waals surface area contributed by atoms with Gasteiger partial charge in [-0.05, 0) is 68.1 Å². The molecule has 9 heteroatoms. The minimum Gasteiger partial charge on any atom is -0.371 e. The van der Waals surface area contributed by atoms with Crippen LogP contribution >= 0.6 is 0 Å². The summed E-state index contributed by atoms with van der Waals surface area (Å²) in [6.07, 6.45) is 6.44. The second-order valence-corrected chi connectivity index (χ2v) is 11.6. The summed E-state index contributed by atoms with van der Waals surface area (Å²) < 4.78 is 26.5. The molecule has 35 heavy (non-hydrogen) atoms. The Hall–Kier alpha value is -2.91. The molecule has 2 fully saturated rings. The monoisotopic (exact) mass is 498 g/mol. The topological polar surface area (TPSA) is 90.0 Å². The second-order valence-electron chi connectivity index (χ2n) is 9.40. The van der Waals surface area contributed by atoms with Crippen molar-refractivity contribution in [1.29, 1.82) is 0 Å². The van der Waals surface area contributed by atoms with Crippen LogP contribution in [0.15, 0.2) is 47.4 Å².